The first-order chi connectivity index (χ1) is 14.9. The number of aliphatic hydroxyl groups is 1. The number of fused-ring (bicyclic) bond motifs is 3. The van der Waals surface area contributed by atoms with Gasteiger partial charge in [-0.2, -0.15) is 0 Å². The van der Waals surface area contributed by atoms with Gasteiger partial charge >= 0.3 is 11.9 Å². The monoisotopic (exact) mass is 444 g/mol. The number of aliphatic carboxylic acids is 1. The molecule has 32 heavy (non-hydrogen) atoms. The van der Waals surface area contributed by atoms with Crippen molar-refractivity contribution in [3.05, 3.63) is 34.4 Å². The fourth-order valence-corrected chi connectivity index (χ4v) is 6.72. The fraction of sp³-hybridized carbons (Fsp3) is 0.600. The highest BCUT2D eigenvalue weighted by Gasteiger charge is 2.60. The predicted molar refractivity (Wildman–Crippen MR) is 117 cm³/mol. The molecule has 1 aromatic carbocycles. The third-order valence-corrected chi connectivity index (χ3v) is 8.02. The van der Waals surface area contributed by atoms with Crippen LogP contribution in [0.4, 0.5) is 0 Å². The summed E-state index contributed by atoms with van der Waals surface area (Å²) in [6.07, 6.45) is 0.619. The van der Waals surface area contributed by atoms with Gasteiger partial charge in [-0.15, -0.1) is 0 Å². The van der Waals surface area contributed by atoms with Gasteiger partial charge in [0.2, 0.25) is 0 Å². The lowest BCUT2D eigenvalue weighted by Crippen LogP contribution is -2.62. The fourth-order valence-electron chi connectivity index (χ4n) is 6.72. The third-order valence-electron chi connectivity index (χ3n) is 8.02. The van der Waals surface area contributed by atoms with Gasteiger partial charge in [0, 0.05) is 35.8 Å². The van der Waals surface area contributed by atoms with E-state index < -0.39 is 29.1 Å². The summed E-state index contributed by atoms with van der Waals surface area (Å²) in [7, 11) is 1.54. The molecule has 2 aliphatic heterocycles. The molecular formula is C25H32O7. The van der Waals surface area contributed by atoms with E-state index in [1.807, 2.05) is 27.7 Å². The lowest BCUT2D eigenvalue weighted by Gasteiger charge is -2.59. The van der Waals surface area contributed by atoms with Crippen LogP contribution in [-0.4, -0.2) is 41.0 Å². The maximum Gasteiger partial charge on any atom is 0.342 e. The average Bonchev–Trinajstić information content (AvgIpc) is 3.07. The Morgan fingerprint density at radius 2 is 2.00 bits per heavy atom. The van der Waals surface area contributed by atoms with E-state index in [0.29, 0.717) is 36.3 Å². The summed E-state index contributed by atoms with van der Waals surface area (Å²) in [5, 5.41) is 20.6. The highest BCUT2D eigenvalue weighted by atomic mass is 16.5. The van der Waals surface area contributed by atoms with Crippen molar-refractivity contribution in [3.8, 4) is 11.5 Å². The Labute approximate surface area is 188 Å². The zero-order chi connectivity index (χ0) is 23.6. The number of carbonyl (C=O) groups is 2. The molecule has 4 rings (SSSR count). The van der Waals surface area contributed by atoms with Gasteiger partial charge in [-0.3, -0.25) is 4.79 Å². The second kappa shape index (κ2) is 7.51. The summed E-state index contributed by atoms with van der Waals surface area (Å²) >= 11 is 0. The van der Waals surface area contributed by atoms with Crippen molar-refractivity contribution >= 4 is 11.9 Å². The molecule has 2 heterocycles. The summed E-state index contributed by atoms with van der Waals surface area (Å²) < 4.78 is 17.7. The van der Waals surface area contributed by atoms with Crippen LogP contribution in [-0.2, 0) is 22.6 Å². The van der Waals surface area contributed by atoms with Gasteiger partial charge in [0.05, 0.1) is 13.2 Å². The molecule has 0 radical (unpaired) electrons. The summed E-state index contributed by atoms with van der Waals surface area (Å²) in [5.41, 5.74) is 2.44. The minimum Gasteiger partial charge on any atom is -0.495 e. The van der Waals surface area contributed by atoms with E-state index in [-0.39, 0.29) is 24.9 Å². The van der Waals surface area contributed by atoms with E-state index in [4.69, 9.17) is 14.2 Å². The number of carbonyl (C=O) groups excluding carboxylic acids is 1. The van der Waals surface area contributed by atoms with E-state index in [0.717, 1.165) is 22.3 Å². The van der Waals surface area contributed by atoms with Crippen molar-refractivity contribution in [2.45, 2.75) is 71.7 Å². The van der Waals surface area contributed by atoms with Crippen LogP contribution in [0.15, 0.2) is 12.2 Å². The maximum absolute atomic E-state index is 12.5. The molecule has 0 aromatic heterocycles. The van der Waals surface area contributed by atoms with E-state index in [1.165, 1.54) is 7.11 Å². The van der Waals surface area contributed by atoms with E-state index in [2.05, 4.69) is 6.58 Å². The van der Waals surface area contributed by atoms with Crippen LogP contribution in [0, 0.1) is 24.2 Å². The van der Waals surface area contributed by atoms with E-state index in [9.17, 15) is 19.8 Å². The molecule has 0 unspecified atom stereocenters. The number of benzene rings is 1. The Kier molecular flexibility index (Phi) is 5.31. The number of cyclic esters (lactones) is 1. The zero-order valence-corrected chi connectivity index (χ0v) is 19.4. The van der Waals surface area contributed by atoms with Gasteiger partial charge < -0.3 is 24.4 Å². The molecule has 0 bridgehead atoms. The Balaban J connectivity index is 1.90. The average molecular weight is 445 g/mol. The quantitative estimate of drug-likeness (QED) is 0.526. The number of carboxylic acids is 1. The second-order valence-electron chi connectivity index (χ2n) is 10.1. The minimum absolute atomic E-state index is 0.0148. The number of hydrogen-bond acceptors (Lipinski definition) is 6. The molecular weight excluding hydrogens is 412 g/mol. The molecule has 1 saturated carbocycles. The molecule has 1 aromatic rings. The highest BCUT2D eigenvalue weighted by Crippen LogP contribution is 2.61. The van der Waals surface area contributed by atoms with Gasteiger partial charge in [0.25, 0.3) is 0 Å². The first-order valence-corrected chi connectivity index (χ1v) is 11.1. The molecule has 0 saturated heterocycles. The van der Waals surface area contributed by atoms with Crippen molar-refractivity contribution in [1.82, 2.24) is 0 Å². The molecule has 2 N–H and O–H groups in total. The normalized spacial score (nSPS) is 32.8. The largest absolute Gasteiger partial charge is 0.495 e. The number of methoxy groups -OCH3 is 1. The summed E-state index contributed by atoms with van der Waals surface area (Å²) in [6.45, 7) is 12.2. The van der Waals surface area contributed by atoms with Crippen LogP contribution >= 0.6 is 0 Å². The third kappa shape index (κ3) is 3.12. The van der Waals surface area contributed by atoms with Gasteiger partial charge in [0.1, 0.15) is 29.3 Å². The summed E-state index contributed by atoms with van der Waals surface area (Å²) in [6, 6.07) is 0. The standard InChI is InChI=1S/C25H32O7/c1-12(2)20-16(26)10-25(5)17(24(20,4)8-7-18(27)28)9-14-21(32-25)13(3)15-11-31-23(29)19(15)22(14)30-6/h16-17,20,26H,1,7-11H2,2-6H3,(H,27,28)/t16-,17-,20-,24+,25+/m1/s1. The molecule has 0 amide bonds. The van der Waals surface area contributed by atoms with Crippen molar-refractivity contribution in [2.75, 3.05) is 7.11 Å². The Bertz CT molecular complexity index is 1010. The van der Waals surface area contributed by atoms with Gasteiger partial charge in [-0.25, -0.2) is 4.79 Å². The predicted octanol–water partition coefficient (Wildman–Crippen LogP) is 3.81. The molecule has 0 spiro atoms. The Hall–Kier alpha value is -2.54. The van der Waals surface area contributed by atoms with Gasteiger partial charge in [-0.05, 0) is 44.6 Å². The number of esters is 1. The number of aliphatic hydroxyl groups excluding tert-OH is 1. The van der Waals surface area contributed by atoms with E-state index >= 15 is 0 Å². The van der Waals surface area contributed by atoms with Crippen LogP contribution in [0.25, 0.3) is 0 Å². The molecule has 1 aliphatic carbocycles. The molecule has 5 atom stereocenters. The maximum atomic E-state index is 12.5. The first-order valence-electron chi connectivity index (χ1n) is 11.1. The summed E-state index contributed by atoms with van der Waals surface area (Å²) in [4.78, 5) is 24.0. The topological polar surface area (TPSA) is 102 Å². The van der Waals surface area contributed by atoms with E-state index in [1.54, 1.807) is 0 Å². The molecule has 7 nitrogen and oxygen atoms in total. The zero-order valence-electron chi connectivity index (χ0n) is 19.4. The number of hydrogen-bond donors (Lipinski definition) is 2. The van der Waals surface area contributed by atoms with Gasteiger partial charge in [0.15, 0.2) is 0 Å². The molecule has 3 aliphatic rings. The Morgan fingerprint density at radius 3 is 2.59 bits per heavy atom. The molecule has 174 valence electrons. The first kappa shape index (κ1) is 22.6. The second-order valence-corrected chi connectivity index (χ2v) is 10.1. The smallest absolute Gasteiger partial charge is 0.342 e. The number of carboxylic acid groups (broad SMARTS) is 1. The van der Waals surface area contributed by atoms with Crippen molar-refractivity contribution in [2.24, 2.45) is 17.3 Å². The molecule has 1 fully saturated rings. The number of rotatable bonds is 5. The minimum atomic E-state index is -0.875. The lowest BCUT2D eigenvalue weighted by molar-refractivity contribution is -0.163. The lowest BCUT2D eigenvalue weighted by atomic mass is 9.50. The SMILES string of the molecule is C=C(C)[C@@H]1[C@H](O)C[C@]2(C)Oc3c(C)c4c(c(OC)c3C[C@@H]2[C@]1(C)CCC(=O)O)C(=O)OC4. The highest BCUT2D eigenvalue weighted by molar-refractivity contribution is 5.98. The van der Waals surface area contributed by atoms with Crippen molar-refractivity contribution in [1.29, 1.82) is 0 Å². The van der Waals surface area contributed by atoms with Crippen molar-refractivity contribution < 1.29 is 34.0 Å². The molecule has 7 heteroatoms. The van der Waals surface area contributed by atoms with Crippen LogP contribution < -0.4 is 9.47 Å². The Morgan fingerprint density at radius 1 is 1.31 bits per heavy atom. The summed E-state index contributed by atoms with van der Waals surface area (Å²) in [5.74, 6) is -0.501. The van der Waals surface area contributed by atoms with Crippen LogP contribution in [0.3, 0.4) is 0 Å². The van der Waals surface area contributed by atoms with Gasteiger partial charge in [-0.1, -0.05) is 19.1 Å². The van der Waals surface area contributed by atoms with Crippen LogP contribution in [0.1, 0.15) is 67.1 Å². The van der Waals surface area contributed by atoms with Crippen LogP contribution in [0.2, 0.25) is 0 Å². The number of ether oxygens (including phenoxy) is 3. The van der Waals surface area contributed by atoms with Crippen molar-refractivity contribution in [3.63, 3.8) is 0 Å². The van der Waals surface area contributed by atoms with Crippen LogP contribution in [0.5, 0.6) is 11.5 Å².